The lowest BCUT2D eigenvalue weighted by molar-refractivity contribution is -0.124. The predicted octanol–water partition coefficient (Wildman–Crippen LogP) is 4.54. The molecule has 1 aliphatic carbocycles. The molecule has 0 spiro atoms. The SMILES string of the molecule is CC1CCCCC1OCC(=O)Nc1ccccc1SC(F)F. The van der Waals surface area contributed by atoms with Gasteiger partial charge in [0.25, 0.3) is 5.76 Å². The first-order valence-corrected chi connectivity index (χ1v) is 8.39. The van der Waals surface area contributed by atoms with Crippen molar-refractivity contribution in [3.8, 4) is 0 Å². The molecule has 1 saturated carbocycles. The second kappa shape index (κ2) is 8.48. The molecule has 0 saturated heterocycles. The van der Waals surface area contributed by atoms with E-state index in [2.05, 4.69) is 12.2 Å². The average molecular weight is 329 g/mol. The van der Waals surface area contributed by atoms with Gasteiger partial charge in [0.15, 0.2) is 0 Å². The highest BCUT2D eigenvalue weighted by Crippen LogP contribution is 2.31. The van der Waals surface area contributed by atoms with Crippen LogP contribution in [0.3, 0.4) is 0 Å². The summed E-state index contributed by atoms with van der Waals surface area (Å²) in [5.74, 6) is -2.36. The molecule has 6 heteroatoms. The second-order valence-corrected chi connectivity index (χ2v) is 6.57. The number of halogens is 2. The maximum atomic E-state index is 12.5. The summed E-state index contributed by atoms with van der Waals surface area (Å²) in [5, 5.41) is 2.65. The van der Waals surface area contributed by atoms with Crippen LogP contribution in [0.1, 0.15) is 32.6 Å². The lowest BCUT2D eigenvalue weighted by Gasteiger charge is -2.28. The van der Waals surface area contributed by atoms with Crippen LogP contribution in [0.4, 0.5) is 14.5 Å². The van der Waals surface area contributed by atoms with Gasteiger partial charge in [0, 0.05) is 4.90 Å². The van der Waals surface area contributed by atoms with Crippen molar-refractivity contribution >= 4 is 23.4 Å². The van der Waals surface area contributed by atoms with Crippen LogP contribution in [0.15, 0.2) is 29.2 Å². The first-order valence-electron chi connectivity index (χ1n) is 7.51. The third-order valence-corrected chi connectivity index (χ3v) is 4.63. The van der Waals surface area contributed by atoms with Crippen molar-refractivity contribution in [1.82, 2.24) is 0 Å². The van der Waals surface area contributed by atoms with Gasteiger partial charge in [-0.1, -0.05) is 43.7 Å². The number of amides is 1. The van der Waals surface area contributed by atoms with Crippen LogP contribution in [0, 0.1) is 5.92 Å². The Morgan fingerprint density at radius 1 is 1.36 bits per heavy atom. The van der Waals surface area contributed by atoms with Gasteiger partial charge in [0.1, 0.15) is 6.61 Å². The number of carbonyl (C=O) groups is 1. The number of anilines is 1. The third kappa shape index (κ3) is 5.25. The number of rotatable bonds is 6. The molecule has 3 nitrogen and oxygen atoms in total. The zero-order valence-corrected chi connectivity index (χ0v) is 13.4. The largest absolute Gasteiger partial charge is 0.368 e. The van der Waals surface area contributed by atoms with Crippen LogP contribution < -0.4 is 5.32 Å². The summed E-state index contributed by atoms with van der Waals surface area (Å²) < 4.78 is 30.7. The molecule has 1 N–H and O–H groups in total. The summed E-state index contributed by atoms with van der Waals surface area (Å²) in [4.78, 5) is 12.3. The van der Waals surface area contributed by atoms with E-state index >= 15 is 0 Å². The normalized spacial score (nSPS) is 21.8. The van der Waals surface area contributed by atoms with E-state index in [1.807, 2.05) is 0 Å². The van der Waals surface area contributed by atoms with Gasteiger partial charge in [-0.05, 0) is 30.9 Å². The average Bonchev–Trinajstić information content (AvgIpc) is 2.48. The number of nitrogens with one attached hydrogen (secondary N) is 1. The molecule has 22 heavy (non-hydrogen) atoms. The number of benzene rings is 1. The Kier molecular flexibility index (Phi) is 6.64. The molecule has 1 amide bonds. The highest BCUT2D eigenvalue weighted by Gasteiger charge is 2.22. The van der Waals surface area contributed by atoms with Crippen molar-refractivity contribution in [1.29, 1.82) is 0 Å². The quantitative estimate of drug-likeness (QED) is 0.779. The Bertz CT molecular complexity index is 499. The molecule has 2 rings (SSSR count). The Morgan fingerprint density at radius 2 is 2.09 bits per heavy atom. The molecule has 2 atom stereocenters. The zero-order valence-electron chi connectivity index (χ0n) is 12.6. The Labute approximate surface area is 133 Å². The van der Waals surface area contributed by atoms with Gasteiger partial charge in [0.2, 0.25) is 5.91 Å². The molecule has 0 bridgehead atoms. The molecule has 0 aliphatic heterocycles. The molecular formula is C16H21F2NO2S. The van der Waals surface area contributed by atoms with E-state index < -0.39 is 5.76 Å². The Balaban J connectivity index is 1.86. The number of ether oxygens (including phenoxy) is 1. The molecule has 0 radical (unpaired) electrons. The maximum absolute atomic E-state index is 12.5. The molecule has 0 heterocycles. The van der Waals surface area contributed by atoms with Crippen molar-refractivity contribution in [2.45, 2.75) is 49.4 Å². The van der Waals surface area contributed by atoms with Gasteiger partial charge >= 0.3 is 0 Å². The Hall–Kier alpha value is -1.14. The summed E-state index contributed by atoms with van der Waals surface area (Å²) in [7, 11) is 0. The second-order valence-electron chi connectivity index (χ2n) is 5.53. The van der Waals surface area contributed by atoms with Crippen LogP contribution >= 0.6 is 11.8 Å². The lowest BCUT2D eigenvalue weighted by Crippen LogP contribution is -2.29. The number of para-hydroxylation sites is 1. The van der Waals surface area contributed by atoms with Crippen molar-refractivity contribution in [2.24, 2.45) is 5.92 Å². The summed E-state index contributed by atoms with van der Waals surface area (Å²) >= 11 is 0.425. The molecular weight excluding hydrogens is 308 g/mol. The zero-order chi connectivity index (χ0) is 15.9. The van der Waals surface area contributed by atoms with E-state index in [4.69, 9.17) is 4.74 Å². The molecule has 122 valence electrons. The lowest BCUT2D eigenvalue weighted by atomic mass is 9.88. The van der Waals surface area contributed by atoms with E-state index in [0.29, 0.717) is 28.3 Å². The first kappa shape index (κ1) is 17.2. The van der Waals surface area contributed by atoms with E-state index in [1.54, 1.807) is 24.3 Å². The third-order valence-electron chi connectivity index (χ3n) is 3.84. The molecule has 1 aromatic rings. The van der Waals surface area contributed by atoms with Gasteiger partial charge in [-0.15, -0.1) is 0 Å². The molecule has 1 aromatic carbocycles. The summed E-state index contributed by atoms with van der Waals surface area (Å²) in [6.45, 7) is 2.10. The van der Waals surface area contributed by atoms with Gasteiger partial charge in [-0.2, -0.15) is 8.78 Å². The first-order chi connectivity index (χ1) is 10.6. The number of carbonyl (C=O) groups excluding carboxylic acids is 1. The van der Waals surface area contributed by atoms with Crippen LogP contribution in [0.5, 0.6) is 0 Å². The van der Waals surface area contributed by atoms with E-state index in [0.717, 1.165) is 19.3 Å². The standard InChI is InChI=1S/C16H21F2NO2S/c1-11-6-2-4-8-13(11)21-10-15(20)19-12-7-3-5-9-14(12)22-16(17)18/h3,5,7,9,11,13,16H,2,4,6,8,10H2,1H3,(H,19,20). The predicted molar refractivity (Wildman–Crippen MR) is 84.3 cm³/mol. The number of hydrogen-bond acceptors (Lipinski definition) is 3. The van der Waals surface area contributed by atoms with E-state index in [1.165, 1.54) is 6.42 Å². The van der Waals surface area contributed by atoms with Gasteiger partial charge < -0.3 is 10.1 Å². The van der Waals surface area contributed by atoms with Crippen molar-refractivity contribution in [2.75, 3.05) is 11.9 Å². The fourth-order valence-electron chi connectivity index (χ4n) is 2.67. The maximum Gasteiger partial charge on any atom is 0.288 e. The molecule has 1 aliphatic rings. The van der Waals surface area contributed by atoms with E-state index in [-0.39, 0.29) is 18.6 Å². The summed E-state index contributed by atoms with van der Waals surface area (Å²) in [6, 6.07) is 6.55. The van der Waals surface area contributed by atoms with Crippen molar-refractivity contribution in [3.63, 3.8) is 0 Å². The van der Waals surface area contributed by atoms with Gasteiger partial charge in [-0.3, -0.25) is 4.79 Å². The van der Waals surface area contributed by atoms with E-state index in [9.17, 15) is 13.6 Å². The topological polar surface area (TPSA) is 38.3 Å². The minimum Gasteiger partial charge on any atom is -0.368 e. The fraction of sp³-hybridized carbons (Fsp3) is 0.562. The van der Waals surface area contributed by atoms with Crippen LogP contribution in [-0.2, 0) is 9.53 Å². The highest BCUT2D eigenvalue weighted by atomic mass is 32.2. The van der Waals surface area contributed by atoms with Crippen molar-refractivity contribution in [3.05, 3.63) is 24.3 Å². The Morgan fingerprint density at radius 3 is 2.82 bits per heavy atom. The minimum absolute atomic E-state index is 0.0390. The van der Waals surface area contributed by atoms with Gasteiger partial charge in [0.05, 0.1) is 11.8 Å². The minimum atomic E-state index is -2.52. The van der Waals surface area contributed by atoms with Crippen molar-refractivity contribution < 1.29 is 18.3 Å². The molecule has 2 unspecified atom stereocenters. The van der Waals surface area contributed by atoms with Crippen LogP contribution in [0.2, 0.25) is 0 Å². The fourth-order valence-corrected chi connectivity index (χ4v) is 3.26. The van der Waals surface area contributed by atoms with Crippen LogP contribution in [-0.4, -0.2) is 24.4 Å². The monoisotopic (exact) mass is 329 g/mol. The molecule has 1 fully saturated rings. The van der Waals surface area contributed by atoms with Gasteiger partial charge in [-0.25, -0.2) is 0 Å². The number of thioether (sulfide) groups is 1. The van der Waals surface area contributed by atoms with Crippen LogP contribution in [0.25, 0.3) is 0 Å². The summed E-state index contributed by atoms with van der Waals surface area (Å²) in [5.41, 5.74) is 0.401. The summed E-state index contributed by atoms with van der Waals surface area (Å²) in [6.07, 6.45) is 4.56. The number of alkyl halides is 2. The smallest absolute Gasteiger partial charge is 0.288 e. The molecule has 0 aromatic heterocycles. The highest BCUT2D eigenvalue weighted by molar-refractivity contribution is 7.99. The number of hydrogen-bond donors (Lipinski definition) is 1.